The van der Waals surface area contributed by atoms with Crippen molar-refractivity contribution in [2.24, 2.45) is 0 Å². The van der Waals surface area contributed by atoms with E-state index in [4.69, 9.17) is 0 Å². The van der Waals surface area contributed by atoms with Crippen molar-refractivity contribution in [1.29, 1.82) is 0 Å². The summed E-state index contributed by atoms with van der Waals surface area (Å²) in [6.07, 6.45) is 0. The first-order valence-electron chi connectivity index (χ1n) is 8.92. The van der Waals surface area contributed by atoms with Gasteiger partial charge in [0.25, 0.3) is 0 Å². The first-order chi connectivity index (χ1) is 13.1. The van der Waals surface area contributed by atoms with Crippen LogP contribution in [0.2, 0.25) is 0 Å². The van der Waals surface area contributed by atoms with Crippen molar-refractivity contribution in [3.63, 3.8) is 0 Å². The molecule has 2 heterocycles. The number of carbonyl (C=O) groups is 2. The van der Waals surface area contributed by atoms with Crippen molar-refractivity contribution in [1.82, 2.24) is 14.9 Å². The summed E-state index contributed by atoms with van der Waals surface area (Å²) >= 11 is 0. The van der Waals surface area contributed by atoms with Crippen LogP contribution in [0.1, 0.15) is 18.7 Å². The molecule has 3 N–H and O–H groups in total. The summed E-state index contributed by atoms with van der Waals surface area (Å²) in [4.78, 5) is 33.7. The molecule has 0 radical (unpaired) electrons. The van der Waals surface area contributed by atoms with Gasteiger partial charge in [-0.2, -0.15) is 0 Å². The van der Waals surface area contributed by atoms with Crippen LogP contribution in [0.25, 0.3) is 11.0 Å². The summed E-state index contributed by atoms with van der Waals surface area (Å²) in [6, 6.07) is 15.1. The van der Waals surface area contributed by atoms with Gasteiger partial charge in [0.05, 0.1) is 29.0 Å². The lowest BCUT2D eigenvalue weighted by molar-refractivity contribution is -0.118. The fourth-order valence-electron chi connectivity index (χ4n) is 3.32. The fourth-order valence-corrected chi connectivity index (χ4v) is 3.32. The molecular weight excluding hydrogens is 342 g/mol. The van der Waals surface area contributed by atoms with Crippen LogP contribution in [-0.4, -0.2) is 46.3 Å². The summed E-state index contributed by atoms with van der Waals surface area (Å²) < 4.78 is 0. The van der Waals surface area contributed by atoms with Crippen molar-refractivity contribution in [3.8, 4) is 0 Å². The molecule has 2 aromatic carbocycles. The molecule has 7 nitrogen and oxygen atoms in total. The minimum absolute atomic E-state index is 0.101. The van der Waals surface area contributed by atoms with Crippen molar-refractivity contribution < 1.29 is 9.59 Å². The minimum Gasteiger partial charge on any atom is -0.342 e. The average molecular weight is 363 g/mol. The van der Waals surface area contributed by atoms with Crippen LogP contribution >= 0.6 is 0 Å². The Bertz CT molecular complexity index is 958. The molecule has 138 valence electrons. The molecule has 0 aliphatic carbocycles. The number of aromatic nitrogens is 2. The normalized spacial score (nSPS) is 14.7. The van der Waals surface area contributed by atoms with Crippen LogP contribution < -0.4 is 10.6 Å². The molecule has 0 atom stereocenters. The zero-order valence-electron chi connectivity index (χ0n) is 15.0. The predicted molar refractivity (Wildman–Crippen MR) is 105 cm³/mol. The third-order valence-electron chi connectivity index (χ3n) is 4.63. The van der Waals surface area contributed by atoms with Gasteiger partial charge in [0.15, 0.2) is 0 Å². The first kappa shape index (κ1) is 17.2. The van der Waals surface area contributed by atoms with Gasteiger partial charge in [0.1, 0.15) is 5.82 Å². The number of fused-ring (bicyclic) bond motifs is 1. The van der Waals surface area contributed by atoms with Crippen LogP contribution in [0.3, 0.4) is 0 Å². The number of hydrogen-bond acceptors (Lipinski definition) is 4. The Labute approximate surface area is 156 Å². The van der Waals surface area contributed by atoms with Gasteiger partial charge in [-0.05, 0) is 24.3 Å². The third-order valence-corrected chi connectivity index (χ3v) is 4.63. The van der Waals surface area contributed by atoms with E-state index in [0.29, 0.717) is 23.8 Å². The molecule has 4 rings (SSSR count). The van der Waals surface area contributed by atoms with Gasteiger partial charge in [-0.25, -0.2) is 4.98 Å². The molecule has 2 amide bonds. The van der Waals surface area contributed by atoms with E-state index in [2.05, 4.69) is 25.5 Å². The molecule has 3 aromatic rings. The number of imidazole rings is 1. The fraction of sp³-hybridized carbons (Fsp3) is 0.250. The first-order valence-corrected chi connectivity index (χ1v) is 8.92. The second kappa shape index (κ2) is 7.20. The number of para-hydroxylation sites is 4. The van der Waals surface area contributed by atoms with E-state index in [1.54, 1.807) is 12.1 Å². The zero-order chi connectivity index (χ0) is 18.8. The monoisotopic (exact) mass is 363 g/mol. The Morgan fingerprint density at radius 2 is 1.74 bits per heavy atom. The molecule has 0 bridgehead atoms. The Morgan fingerprint density at radius 3 is 2.44 bits per heavy atom. The molecular formula is C20H21N5O2. The number of aromatic amines is 1. The van der Waals surface area contributed by atoms with E-state index < -0.39 is 0 Å². The number of nitrogens with one attached hydrogen (secondary N) is 3. The maximum atomic E-state index is 12.3. The third kappa shape index (κ3) is 3.83. The van der Waals surface area contributed by atoms with Gasteiger partial charge in [-0.1, -0.05) is 24.3 Å². The number of rotatable bonds is 5. The van der Waals surface area contributed by atoms with Gasteiger partial charge in [-0.15, -0.1) is 0 Å². The summed E-state index contributed by atoms with van der Waals surface area (Å²) in [6.45, 7) is 3.34. The average Bonchev–Trinajstić information content (AvgIpc) is 3.02. The van der Waals surface area contributed by atoms with Crippen LogP contribution in [0.15, 0.2) is 48.5 Å². The maximum Gasteiger partial charge on any atom is 0.238 e. The largest absolute Gasteiger partial charge is 0.342 e. The lowest BCUT2D eigenvalue weighted by Gasteiger charge is -2.37. The van der Waals surface area contributed by atoms with Crippen LogP contribution in [0.5, 0.6) is 0 Å². The van der Waals surface area contributed by atoms with Gasteiger partial charge >= 0.3 is 0 Å². The van der Waals surface area contributed by atoms with Crippen LogP contribution in [0.4, 0.5) is 11.4 Å². The molecule has 1 saturated heterocycles. The predicted octanol–water partition coefficient (Wildman–Crippen LogP) is 2.56. The van der Waals surface area contributed by atoms with Gasteiger partial charge < -0.3 is 15.6 Å². The smallest absolute Gasteiger partial charge is 0.238 e. The lowest BCUT2D eigenvalue weighted by Crippen LogP contribution is -2.48. The quantitative estimate of drug-likeness (QED) is 0.650. The van der Waals surface area contributed by atoms with Crippen molar-refractivity contribution in [3.05, 3.63) is 54.4 Å². The van der Waals surface area contributed by atoms with Crippen LogP contribution in [-0.2, 0) is 9.59 Å². The van der Waals surface area contributed by atoms with Crippen molar-refractivity contribution in [2.45, 2.75) is 12.8 Å². The van der Waals surface area contributed by atoms with E-state index in [9.17, 15) is 9.59 Å². The van der Waals surface area contributed by atoms with Crippen molar-refractivity contribution >= 4 is 34.2 Å². The number of nitrogens with zero attached hydrogens (tertiary/aromatic N) is 2. The number of carbonyl (C=O) groups excluding carboxylic acids is 2. The highest BCUT2D eigenvalue weighted by Gasteiger charge is 2.31. The second-order valence-electron chi connectivity index (χ2n) is 6.81. The van der Waals surface area contributed by atoms with Crippen molar-refractivity contribution in [2.75, 3.05) is 30.3 Å². The zero-order valence-corrected chi connectivity index (χ0v) is 15.0. The van der Waals surface area contributed by atoms with E-state index in [-0.39, 0.29) is 11.8 Å². The molecule has 1 aromatic heterocycles. The topological polar surface area (TPSA) is 90.1 Å². The molecule has 0 spiro atoms. The lowest BCUT2D eigenvalue weighted by atomic mass is 9.99. The summed E-state index contributed by atoms with van der Waals surface area (Å²) in [5.74, 6) is 1.02. The number of benzene rings is 2. The standard InChI is InChI=1S/C20H21N5O2/c1-13(26)21-15-6-2-3-7-16(15)22-19(27)12-25-10-14(11-25)20-23-17-8-4-5-9-18(17)24-20/h2-9,14H,10-12H2,1H3,(H,21,26)(H,22,27)(H,23,24). The number of H-pyrrole nitrogens is 1. The molecule has 1 aliphatic rings. The minimum atomic E-state index is -0.173. The number of hydrogen-bond donors (Lipinski definition) is 3. The van der Waals surface area contributed by atoms with Gasteiger partial charge in [-0.3, -0.25) is 14.5 Å². The van der Waals surface area contributed by atoms with E-state index in [1.165, 1.54) is 6.92 Å². The number of likely N-dealkylation sites (tertiary alicyclic amines) is 1. The molecule has 0 unspecified atom stereocenters. The Kier molecular flexibility index (Phi) is 4.60. The Balaban J connectivity index is 1.32. The molecule has 7 heteroatoms. The molecule has 27 heavy (non-hydrogen) atoms. The number of anilines is 2. The molecule has 1 fully saturated rings. The maximum absolute atomic E-state index is 12.3. The van der Waals surface area contributed by atoms with Gasteiger partial charge in [0, 0.05) is 25.9 Å². The van der Waals surface area contributed by atoms with Crippen LogP contribution in [0, 0.1) is 0 Å². The molecule has 1 aliphatic heterocycles. The Morgan fingerprint density at radius 1 is 1.07 bits per heavy atom. The second-order valence-corrected chi connectivity index (χ2v) is 6.81. The highest BCUT2D eigenvalue weighted by Crippen LogP contribution is 2.27. The van der Waals surface area contributed by atoms with Gasteiger partial charge in [0.2, 0.25) is 11.8 Å². The Hall–Kier alpha value is -3.19. The summed E-state index contributed by atoms with van der Waals surface area (Å²) in [5.41, 5.74) is 3.21. The highest BCUT2D eigenvalue weighted by molar-refractivity contribution is 5.99. The summed E-state index contributed by atoms with van der Waals surface area (Å²) in [7, 11) is 0. The van der Waals surface area contributed by atoms with E-state index >= 15 is 0 Å². The van der Waals surface area contributed by atoms with E-state index in [0.717, 1.165) is 29.9 Å². The van der Waals surface area contributed by atoms with E-state index in [1.807, 2.05) is 36.4 Å². The number of amides is 2. The molecule has 0 saturated carbocycles. The highest BCUT2D eigenvalue weighted by atomic mass is 16.2. The summed E-state index contributed by atoms with van der Waals surface area (Å²) in [5, 5.41) is 5.59. The SMILES string of the molecule is CC(=O)Nc1ccccc1NC(=O)CN1CC(c2nc3ccccc3[nH]2)C1.